The number of para-hydroxylation sites is 2. The third-order valence-electron chi connectivity index (χ3n) is 3.83. The lowest BCUT2D eigenvalue weighted by molar-refractivity contribution is -0.127. The van der Waals surface area contributed by atoms with E-state index in [1.54, 1.807) is 42.5 Å². The maximum Gasteiger partial charge on any atom is 0.294 e. The number of anilines is 1. The molecule has 1 aliphatic heterocycles. The molecule has 9 heteroatoms. The molecule has 1 aliphatic rings. The number of nitrogens with one attached hydrogen (secondary N) is 1. The molecule has 144 valence electrons. The Morgan fingerprint density at radius 2 is 1.82 bits per heavy atom. The van der Waals surface area contributed by atoms with Crippen molar-refractivity contribution in [3.05, 3.63) is 63.0 Å². The molecule has 1 heterocycles. The van der Waals surface area contributed by atoms with Crippen LogP contribution >= 0.6 is 35.0 Å². The molecule has 6 nitrogen and oxygen atoms in total. The summed E-state index contributed by atoms with van der Waals surface area (Å²) in [7, 11) is 1.48. The minimum absolute atomic E-state index is 0.144. The van der Waals surface area contributed by atoms with Crippen molar-refractivity contribution in [3.8, 4) is 5.75 Å². The molecule has 1 N–H and O–H groups in total. The summed E-state index contributed by atoms with van der Waals surface area (Å²) in [5.74, 6) is -0.636. The number of hydrogen-bond donors (Lipinski definition) is 1. The molecule has 3 rings (SSSR count). The molecular formula is C19H14Cl2N2O4S. The zero-order valence-electron chi connectivity index (χ0n) is 14.6. The van der Waals surface area contributed by atoms with Gasteiger partial charge in [-0.15, -0.1) is 0 Å². The number of halogens is 2. The van der Waals surface area contributed by atoms with Crippen LogP contribution in [0.3, 0.4) is 0 Å². The summed E-state index contributed by atoms with van der Waals surface area (Å²) in [5, 5.41) is 2.79. The lowest BCUT2D eigenvalue weighted by Gasteiger charge is -2.14. The number of amides is 3. The quantitative estimate of drug-likeness (QED) is 0.688. The van der Waals surface area contributed by atoms with Gasteiger partial charge in [-0.3, -0.25) is 19.3 Å². The summed E-state index contributed by atoms with van der Waals surface area (Å²) in [6.45, 7) is -0.420. The van der Waals surface area contributed by atoms with Gasteiger partial charge in [-0.1, -0.05) is 41.4 Å². The van der Waals surface area contributed by atoms with Gasteiger partial charge in [0.2, 0.25) is 5.91 Å². The summed E-state index contributed by atoms with van der Waals surface area (Å²) < 4.78 is 5.16. The third-order valence-corrected chi connectivity index (χ3v) is 5.40. The molecule has 2 aromatic carbocycles. The molecule has 1 fully saturated rings. The Morgan fingerprint density at radius 3 is 2.50 bits per heavy atom. The van der Waals surface area contributed by atoms with E-state index in [0.29, 0.717) is 27.0 Å². The molecule has 0 bridgehead atoms. The second-order valence-corrected chi connectivity index (χ2v) is 7.46. The van der Waals surface area contributed by atoms with Crippen molar-refractivity contribution >= 4 is 63.8 Å². The first-order valence-electron chi connectivity index (χ1n) is 8.03. The number of imide groups is 1. The van der Waals surface area contributed by atoms with Crippen LogP contribution in [0.1, 0.15) is 5.56 Å². The first-order valence-corrected chi connectivity index (χ1v) is 9.60. The smallest absolute Gasteiger partial charge is 0.294 e. The number of ether oxygens (including phenoxy) is 1. The fourth-order valence-corrected chi connectivity index (χ4v) is 3.82. The summed E-state index contributed by atoms with van der Waals surface area (Å²) in [4.78, 5) is 38.1. The first kappa shape index (κ1) is 20.3. The molecule has 0 unspecified atom stereocenters. The average Bonchev–Trinajstić information content (AvgIpc) is 2.92. The molecule has 0 aromatic heterocycles. The van der Waals surface area contributed by atoms with Gasteiger partial charge in [-0.05, 0) is 42.1 Å². The van der Waals surface area contributed by atoms with E-state index in [1.165, 1.54) is 13.2 Å². The number of thioether (sulfide) groups is 1. The van der Waals surface area contributed by atoms with Gasteiger partial charge in [-0.25, -0.2) is 0 Å². The summed E-state index contributed by atoms with van der Waals surface area (Å²) in [6.07, 6.45) is 1.45. The van der Waals surface area contributed by atoms with Crippen molar-refractivity contribution in [2.24, 2.45) is 0 Å². The molecule has 0 radical (unpaired) electrons. The van der Waals surface area contributed by atoms with Crippen LogP contribution in [-0.4, -0.2) is 35.6 Å². The minimum Gasteiger partial charge on any atom is -0.495 e. The van der Waals surface area contributed by atoms with E-state index >= 15 is 0 Å². The lowest BCUT2D eigenvalue weighted by atomic mass is 10.2. The Balaban J connectivity index is 1.75. The highest BCUT2D eigenvalue weighted by atomic mass is 35.5. The van der Waals surface area contributed by atoms with Gasteiger partial charge in [0.25, 0.3) is 11.1 Å². The number of carbonyl (C=O) groups is 3. The summed E-state index contributed by atoms with van der Waals surface area (Å²) in [6, 6.07) is 11.8. The summed E-state index contributed by atoms with van der Waals surface area (Å²) >= 11 is 12.9. The number of nitrogens with zero attached hydrogens (tertiary/aromatic N) is 1. The van der Waals surface area contributed by atoms with E-state index in [2.05, 4.69) is 5.32 Å². The zero-order chi connectivity index (χ0) is 20.3. The van der Waals surface area contributed by atoms with Crippen molar-refractivity contribution in [3.63, 3.8) is 0 Å². The van der Waals surface area contributed by atoms with Gasteiger partial charge < -0.3 is 10.1 Å². The number of methoxy groups -OCH3 is 1. The predicted octanol–water partition coefficient (Wildman–Crippen LogP) is 4.68. The maximum absolute atomic E-state index is 12.6. The Bertz CT molecular complexity index is 973. The van der Waals surface area contributed by atoms with Crippen LogP contribution in [0.5, 0.6) is 5.75 Å². The Hall–Kier alpha value is -2.48. The molecule has 0 saturated carbocycles. The fraction of sp³-hybridized carbons (Fsp3) is 0.105. The second-order valence-electron chi connectivity index (χ2n) is 5.65. The van der Waals surface area contributed by atoms with Crippen LogP contribution in [0.2, 0.25) is 10.0 Å². The third kappa shape index (κ3) is 4.32. The average molecular weight is 437 g/mol. The molecule has 1 saturated heterocycles. The van der Waals surface area contributed by atoms with Gasteiger partial charge in [0.15, 0.2) is 0 Å². The fourth-order valence-electron chi connectivity index (χ4n) is 2.50. The van der Waals surface area contributed by atoms with E-state index < -0.39 is 23.6 Å². The highest BCUT2D eigenvalue weighted by Crippen LogP contribution is 2.35. The van der Waals surface area contributed by atoms with E-state index in [1.807, 2.05) is 0 Å². The van der Waals surface area contributed by atoms with Gasteiger partial charge in [0, 0.05) is 15.6 Å². The van der Waals surface area contributed by atoms with Gasteiger partial charge >= 0.3 is 0 Å². The Labute approximate surface area is 175 Å². The van der Waals surface area contributed by atoms with Crippen LogP contribution in [0.15, 0.2) is 47.4 Å². The monoisotopic (exact) mass is 436 g/mol. The SMILES string of the molecule is COc1ccccc1NC(=O)CN1C(=O)S/C(=C/c2c(Cl)cccc2Cl)C1=O. The van der Waals surface area contributed by atoms with Crippen LogP contribution < -0.4 is 10.1 Å². The number of benzene rings is 2. The molecule has 0 spiro atoms. The van der Waals surface area contributed by atoms with Crippen LogP contribution in [0.4, 0.5) is 10.5 Å². The van der Waals surface area contributed by atoms with E-state index in [-0.39, 0.29) is 4.91 Å². The standard InChI is InChI=1S/C19H14Cl2N2O4S/c1-27-15-8-3-2-7-14(15)22-17(24)10-23-18(25)16(28-19(23)26)9-11-12(20)5-4-6-13(11)21/h2-9H,10H2,1H3,(H,22,24)/b16-9+. The minimum atomic E-state index is -0.582. The second kappa shape index (κ2) is 8.68. The zero-order valence-corrected chi connectivity index (χ0v) is 16.9. The normalized spacial score (nSPS) is 15.2. The van der Waals surface area contributed by atoms with Crippen molar-refractivity contribution in [2.75, 3.05) is 19.0 Å². The molecule has 0 aliphatic carbocycles. The lowest BCUT2D eigenvalue weighted by Crippen LogP contribution is -2.36. The van der Waals surface area contributed by atoms with Crippen molar-refractivity contribution in [2.45, 2.75) is 0 Å². The number of rotatable bonds is 5. The van der Waals surface area contributed by atoms with Gasteiger partial charge in [0.1, 0.15) is 12.3 Å². The highest BCUT2D eigenvalue weighted by molar-refractivity contribution is 8.18. The predicted molar refractivity (Wildman–Crippen MR) is 111 cm³/mol. The first-order chi connectivity index (χ1) is 13.4. The molecular weight excluding hydrogens is 423 g/mol. The van der Waals surface area contributed by atoms with Crippen LogP contribution in [-0.2, 0) is 9.59 Å². The topological polar surface area (TPSA) is 75.7 Å². The molecule has 3 amide bonds. The van der Waals surface area contributed by atoms with Gasteiger partial charge in [-0.2, -0.15) is 0 Å². The molecule has 2 aromatic rings. The molecule has 28 heavy (non-hydrogen) atoms. The van der Waals surface area contributed by atoms with E-state index in [4.69, 9.17) is 27.9 Å². The Morgan fingerprint density at radius 1 is 1.14 bits per heavy atom. The maximum atomic E-state index is 12.6. The van der Waals surface area contributed by atoms with E-state index in [0.717, 1.165) is 16.7 Å². The summed E-state index contributed by atoms with van der Waals surface area (Å²) in [5.41, 5.74) is 0.884. The van der Waals surface area contributed by atoms with Crippen molar-refractivity contribution in [1.82, 2.24) is 4.90 Å². The largest absolute Gasteiger partial charge is 0.495 e. The molecule has 0 atom stereocenters. The highest BCUT2D eigenvalue weighted by Gasteiger charge is 2.36. The van der Waals surface area contributed by atoms with Crippen LogP contribution in [0, 0.1) is 0 Å². The van der Waals surface area contributed by atoms with Crippen molar-refractivity contribution < 1.29 is 19.1 Å². The number of hydrogen-bond acceptors (Lipinski definition) is 5. The van der Waals surface area contributed by atoms with Crippen molar-refractivity contribution in [1.29, 1.82) is 0 Å². The van der Waals surface area contributed by atoms with Gasteiger partial charge in [0.05, 0.1) is 17.7 Å². The number of carbonyl (C=O) groups excluding carboxylic acids is 3. The van der Waals surface area contributed by atoms with E-state index in [9.17, 15) is 14.4 Å². The van der Waals surface area contributed by atoms with Crippen LogP contribution in [0.25, 0.3) is 6.08 Å². The Kier molecular flexibility index (Phi) is 6.28.